The Hall–Kier alpha value is -2.83. The van der Waals surface area contributed by atoms with Gasteiger partial charge in [0.1, 0.15) is 0 Å². The molecular weight excluding hydrogens is 357 g/mol. The Labute approximate surface area is 155 Å². The van der Waals surface area contributed by atoms with Crippen LogP contribution in [0, 0.1) is 0 Å². The van der Waals surface area contributed by atoms with Crippen molar-refractivity contribution in [3.63, 3.8) is 0 Å². The number of nitrogens with one attached hydrogen (secondary N) is 2. The Morgan fingerprint density at radius 2 is 1.74 bits per heavy atom. The van der Waals surface area contributed by atoms with Crippen LogP contribution < -0.4 is 10.6 Å². The molecule has 0 bridgehead atoms. The van der Waals surface area contributed by atoms with Gasteiger partial charge >= 0.3 is 6.18 Å². The van der Waals surface area contributed by atoms with Crippen molar-refractivity contribution >= 4 is 11.8 Å². The van der Waals surface area contributed by atoms with Crippen molar-refractivity contribution in [1.82, 2.24) is 10.6 Å². The first-order valence-electron chi connectivity index (χ1n) is 8.57. The van der Waals surface area contributed by atoms with Gasteiger partial charge in [-0.15, -0.1) is 0 Å². The van der Waals surface area contributed by atoms with E-state index in [9.17, 15) is 22.8 Å². The third kappa shape index (κ3) is 6.44. The van der Waals surface area contributed by atoms with Crippen LogP contribution in [0.3, 0.4) is 0 Å². The molecule has 0 aliphatic rings. The third-order valence-corrected chi connectivity index (χ3v) is 3.99. The van der Waals surface area contributed by atoms with Crippen molar-refractivity contribution in [2.75, 3.05) is 6.54 Å². The molecule has 0 aliphatic heterocycles. The first-order valence-corrected chi connectivity index (χ1v) is 8.57. The van der Waals surface area contributed by atoms with Crippen molar-refractivity contribution < 1.29 is 22.8 Å². The minimum atomic E-state index is -4.42. The lowest BCUT2D eigenvalue weighted by molar-refractivity contribution is -0.137. The largest absolute Gasteiger partial charge is 0.416 e. The van der Waals surface area contributed by atoms with Crippen molar-refractivity contribution in [3.05, 3.63) is 71.3 Å². The van der Waals surface area contributed by atoms with Crippen LogP contribution in [0.15, 0.2) is 54.6 Å². The molecule has 0 aliphatic carbocycles. The van der Waals surface area contributed by atoms with Gasteiger partial charge in [-0.3, -0.25) is 9.59 Å². The van der Waals surface area contributed by atoms with Crippen molar-refractivity contribution in [2.24, 2.45) is 0 Å². The lowest BCUT2D eigenvalue weighted by Gasteiger charge is -2.16. The number of benzene rings is 2. The van der Waals surface area contributed by atoms with Gasteiger partial charge in [0, 0.05) is 18.5 Å². The Morgan fingerprint density at radius 3 is 2.41 bits per heavy atom. The highest BCUT2D eigenvalue weighted by atomic mass is 19.4. The summed E-state index contributed by atoms with van der Waals surface area (Å²) in [6.07, 6.45) is -3.82. The molecule has 1 atom stereocenters. The first-order chi connectivity index (χ1) is 12.8. The number of carbonyl (C=O) groups excluding carboxylic acids is 2. The van der Waals surface area contributed by atoms with E-state index in [1.807, 2.05) is 6.07 Å². The maximum absolute atomic E-state index is 12.8. The summed E-state index contributed by atoms with van der Waals surface area (Å²) >= 11 is 0. The predicted molar refractivity (Wildman–Crippen MR) is 96.0 cm³/mol. The second kappa shape index (κ2) is 9.21. The summed E-state index contributed by atoms with van der Waals surface area (Å²) in [4.78, 5) is 23.8. The summed E-state index contributed by atoms with van der Waals surface area (Å²) in [5, 5.41) is 5.40. The van der Waals surface area contributed by atoms with Gasteiger partial charge in [-0.2, -0.15) is 13.2 Å². The summed E-state index contributed by atoms with van der Waals surface area (Å²) in [6, 6.07) is 13.1. The minimum absolute atomic E-state index is 0.165. The molecule has 2 amide bonds. The minimum Gasteiger partial charge on any atom is -0.352 e. The molecule has 2 N–H and O–H groups in total. The van der Waals surface area contributed by atoms with Crippen LogP contribution in [0.4, 0.5) is 13.2 Å². The van der Waals surface area contributed by atoms with Gasteiger partial charge in [-0.05, 0) is 43.2 Å². The summed E-state index contributed by atoms with van der Waals surface area (Å²) < 4.78 is 38.3. The van der Waals surface area contributed by atoms with Crippen LogP contribution in [0.1, 0.15) is 47.3 Å². The van der Waals surface area contributed by atoms with E-state index in [1.165, 1.54) is 6.07 Å². The topological polar surface area (TPSA) is 58.2 Å². The molecular formula is C20H21F3N2O2. The molecule has 0 saturated heterocycles. The lowest BCUT2D eigenvalue weighted by atomic mass is 10.0. The van der Waals surface area contributed by atoms with Crippen molar-refractivity contribution in [1.29, 1.82) is 0 Å². The molecule has 0 spiro atoms. The van der Waals surface area contributed by atoms with Crippen LogP contribution in [-0.4, -0.2) is 18.4 Å². The fourth-order valence-electron chi connectivity index (χ4n) is 2.52. The van der Waals surface area contributed by atoms with E-state index in [2.05, 4.69) is 10.6 Å². The molecule has 0 radical (unpaired) electrons. The van der Waals surface area contributed by atoms with E-state index >= 15 is 0 Å². The zero-order chi connectivity index (χ0) is 19.9. The van der Waals surface area contributed by atoms with E-state index < -0.39 is 17.8 Å². The summed E-state index contributed by atoms with van der Waals surface area (Å²) in [5.41, 5.74) is 0.181. The van der Waals surface area contributed by atoms with Crippen LogP contribution in [0.5, 0.6) is 0 Å². The monoisotopic (exact) mass is 378 g/mol. The number of alkyl halides is 3. The second-order valence-electron chi connectivity index (χ2n) is 6.14. The maximum Gasteiger partial charge on any atom is 0.416 e. The van der Waals surface area contributed by atoms with E-state index in [-0.39, 0.29) is 18.2 Å². The Morgan fingerprint density at radius 1 is 1.04 bits per heavy atom. The van der Waals surface area contributed by atoms with Crippen molar-refractivity contribution in [2.45, 2.75) is 32.0 Å². The Bertz CT molecular complexity index is 776. The fourth-order valence-corrected chi connectivity index (χ4v) is 2.52. The van der Waals surface area contributed by atoms with E-state index in [1.54, 1.807) is 37.3 Å². The molecule has 2 aromatic rings. The third-order valence-electron chi connectivity index (χ3n) is 3.99. The molecule has 0 fully saturated rings. The highest BCUT2D eigenvalue weighted by Crippen LogP contribution is 2.30. The van der Waals surface area contributed by atoms with Crippen molar-refractivity contribution in [3.8, 4) is 0 Å². The quantitative estimate of drug-likeness (QED) is 0.713. The standard InChI is InChI=1S/C20H21F3N2O2/c1-14(16-9-5-10-17(13-16)20(21,22)23)25-18(26)11-6-12-24-19(27)15-7-3-2-4-8-15/h2-5,7-10,13-14H,6,11-12H2,1H3,(H,24,27)(H,25,26). The molecule has 2 rings (SSSR count). The van der Waals surface area contributed by atoms with Crippen LogP contribution in [0.25, 0.3) is 0 Å². The van der Waals surface area contributed by atoms with Crippen LogP contribution >= 0.6 is 0 Å². The van der Waals surface area contributed by atoms with Gasteiger partial charge in [0.15, 0.2) is 0 Å². The molecule has 0 aromatic heterocycles. The Balaban J connectivity index is 1.76. The summed E-state index contributed by atoms with van der Waals surface area (Å²) in [7, 11) is 0. The van der Waals surface area contributed by atoms with Gasteiger partial charge in [0.25, 0.3) is 5.91 Å². The zero-order valence-electron chi connectivity index (χ0n) is 14.8. The number of carbonyl (C=O) groups is 2. The molecule has 7 heteroatoms. The molecule has 0 heterocycles. The molecule has 0 saturated carbocycles. The van der Waals surface area contributed by atoms with Crippen LogP contribution in [-0.2, 0) is 11.0 Å². The SMILES string of the molecule is CC(NC(=O)CCCNC(=O)c1ccccc1)c1cccc(C(F)(F)F)c1. The van der Waals surface area contributed by atoms with Gasteiger partial charge in [-0.25, -0.2) is 0 Å². The Kier molecular flexibility index (Phi) is 6.98. The summed E-state index contributed by atoms with van der Waals surface area (Å²) in [6.45, 7) is 1.96. The number of hydrogen-bond acceptors (Lipinski definition) is 2. The molecule has 27 heavy (non-hydrogen) atoms. The van der Waals surface area contributed by atoms with Gasteiger partial charge < -0.3 is 10.6 Å². The van der Waals surface area contributed by atoms with Gasteiger partial charge in [-0.1, -0.05) is 30.3 Å². The normalized spacial score (nSPS) is 12.3. The van der Waals surface area contributed by atoms with Gasteiger partial charge in [0.2, 0.25) is 5.91 Å². The molecule has 1 unspecified atom stereocenters. The second-order valence-corrected chi connectivity index (χ2v) is 6.14. The van der Waals surface area contributed by atoms with Gasteiger partial charge in [0.05, 0.1) is 11.6 Å². The lowest BCUT2D eigenvalue weighted by Crippen LogP contribution is -2.29. The molecule has 144 valence electrons. The predicted octanol–water partition coefficient (Wildman–Crippen LogP) is 4.09. The fraction of sp³-hybridized carbons (Fsp3) is 0.300. The molecule has 4 nitrogen and oxygen atoms in total. The van der Waals surface area contributed by atoms with Crippen LogP contribution in [0.2, 0.25) is 0 Å². The number of rotatable bonds is 7. The van der Waals surface area contributed by atoms with E-state index in [4.69, 9.17) is 0 Å². The zero-order valence-corrected chi connectivity index (χ0v) is 14.8. The highest BCUT2D eigenvalue weighted by molar-refractivity contribution is 5.94. The average molecular weight is 378 g/mol. The first kappa shape index (κ1) is 20.5. The van der Waals surface area contributed by atoms with E-state index in [0.29, 0.717) is 24.1 Å². The summed E-state index contributed by atoms with van der Waals surface area (Å²) in [5.74, 6) is -0.498. The number of hydrogen-bond donors (Lipinski definition) is 2. The smallest absolute Gasteiger partial charge is 0.352 e. The maximum atomic E-state index is 12.8. The van der Waals surface area contributed by atoms with E-state index in [0.717, 1.165) is 12.1 Å². The number of halogens is 3. The number of amides is 2. The highest BCUT2D eigenvalue weighted by Gasteiger charge is 2.30. The molecule has 2 aromatic carbocycles. The average Bonchev–Trinajstić information content (AvgIpc) is 2.65.